The van der Waals surface area contributed by atoms with Crippen LogP contribution in [0.4, 0.5) is 10.5 Å². The van der Waals surface area contributed by atoms with E-state index in [9.17, 15) is 14.4 Å². The van der Waals surface area contributed by atoms with E-state index in [1.807, 2.05) is 38.1 Å². The Bertz CT molecular complexity index is 970. The minimum atomic E-state index is -0.425. The van der Waals surface area contributed by atoms with E-state index in [0.717, 1.165) is 17.3 Å². The molecule has 29 heavy (non-hydrogen) atoms. The maximum atomic E-state index is 12.1. The van der Waals surface area contributed by atoms with Crippen LogP contribution in [-0.2, 0) is 9.59 Å². The van der Waals surface area contributed by atoms with Crippen LogP contribution in [0.2, 0.25) is 0 Å². The molecule has 2 aromatic rings. The van der Waals surface area contributed by atoms with Crippen LogP contribution in [-0.4, -0.2) is 30.3 Å². The minimum absolute atomic E-state index is 0.179. The second-order valence-electron chi connectivity index (χ2n) is 6.19. The lowest BCUT2D eigenvalue weighted by Gasteiger charge is -2.13. The van der Waals surface area contributed by atoms with Gasteiger partial charge in [0.05, 0.1) is 11.5 Å². The van der Waals surface area contributed by atoms with Crippen molar-refractivity contribution in [2.24, 2.45) is 0 Å². The van der Waals surface area contributed by atoms with Gasteiger partial charge in [0.25, 0.3) is 17.1 Å². The maximum absolute atomic E-state index is 12.1. The quantitative estimate of drug-likeness (QED) is 0.673. The molecule has 150 valence electrons. The summed E-state index contributed by atoms with van der Waals surface area (Å²) in [7, 11) is 0. The number of hydrogen-bond acceptors (Lipinski definition) is 6. The van der Waals surface area contributed by atoms with E-state index in [4.69, 9.17) is 9.47 Å². The number of nitrogens with one attached hydrogen (secondary N) is 2. The van der Waals surface area contributed by atoms with Gasteiger partial charge in [-0.05, 0) is 61.5 Å². The van der Waals surface area contributed by atoms with Crippen molar-refractivity contribution in [3.8, 4) is 11.5 Å². The first kappa shape index (κ1) is 20.5. The predicted molar refractivity (Wildman–Crippen MR) is 112 cm³/mol. The van der Waals surface area contributed by atoms with Crippen LogP contribution < -0.4 is 20.1 Å². The van der Waals surface area contributed by atoms with Crippen molar-refractivity contribution in [2.45, 2.75) is 13.8 Å². The molecule has 0 atom stereocenters. The summed E-state index contributed by atoms with van der Waals surface area (Å²) < 4.78 is 11.2. The van der Waals surface area contributed by atoms with Gasteiger partial charge in [-0.15, -0.1) is 0 Å². The molecule has 0 aliphatic carbocycles. The molecule has 0 aromatic heterocycles. The maximum Gasteiger partial charge on any atom is 0.290 e. The standard InChI is InChI=1S/C21H20N2O5S/c1-3-27-17-10-14(11-18-20(25)23-21(26)29-18)6-9-16(17)28-12-19(24)22-15-7-4-13(2)5-8-15/h4-11H,3,12H2,1-2H3,(H,22,24)(H,23,25,26)/b18-11-. The molecule has 1 aliphatic heterocycles. The number of imide groups is 1. The lowest BCUT2D eigenvalue weighted by Crippen LogP contribution is -2.20. The molecule has 7 nitrogen and oxygen atoms in total. The molecule has 1 saturated heterocycles. The Kier molecular flexibility index (Phi) is 6.56. The van der Waals surface area contributed by atoms with E-state index < -0.39 is 11.1 Å². The predicted octanol–water partition coefficient (Wildman–Crippen LogP) is 3.74. The molecule has 2 N–H and O–H groups in total. The Labute approximate surface area is 172 Å². The van der Waals surface area contributed by atoms with Gasteiger partial charge in [0.2, 0.25) is 0 Å². The van der Waals surface area contributed by atoms with E-state index in [2.05, 4.69) is 10.6 Å². The molecule has 1 fully saturated rings. The molecule has 2 aromatic carbocycles. The molecular formula is C21H20N2O5S. The molecule has 3 rings (SSSR count). The summed E-state index contributed by atoms with van der Waals surface area (Å²) >= 11 is 0.844. The fraction of sp³-hybridized carbons (Fsp3) is 0.190. The number of amides is 3. The smallest absolute Gasteiger partial charge is 0.290 e. The summed E-state index contributed by atoms with van der Waals surface area (Å²) in [5, 5.41) is 4.58. The molecular weight excluding hydrogens is 392 g/mol. The van der Waals surface area contributed by atoms with Crippen molar-refractivity contribution in [1.82, 2.24) is 5.32 Å². The van der Waals surface area contributed by atoms with Gasteiger partial charge >= 0.3 is 0 Å². The molecule has 8 heteroatoms. The first-order valence-corrected chi connectivity index (χ1v) is 9.77. The molecule has 1 aliphatic rings. The summed E-state index contributed by atoms with van der Waals surface area (Å²) in [6.45, 7) is 4.03. The number of hydrogen-bond donors (Lipinski definition) is 2. The summed E-state index contributed by atoms with van der Waals surface area (Å²) in [4.78, 5) is 35.4. The second kappa shape index (κ2) is 9.29. The highest BCUT2D eigenvalue weighted by Crippen LogP contribution is 2.31. The van der Waals surface area contributed by atoms with Gasteiger partial charge in [-0.1, -0.05) is 23.8 Å². The topological polar surface area (TPSA) is 93.7 Å². The van der Waals surface area contributed by atoms with Crippen LogP contribution in [0, 0.1) is 6.92 Å². The van der Waals surface area contributed by atoms with Gasteiger partial charge in [0.1, 0.15) is 0 Å². The second-order valence-corrected chi connectivity index (χ2v) is 7.21. The van der Waals surface area contributed by atoms with Crippen molar-refractivity contribution in [3.63, 3.8) is 0 Å². The fourth-order valence-corrected chi connectivity index (χ4v) is 3.23. The highest BCUT2D eigenvalue weighted by atomic mass is 32.2. The Morgan fingerprint density at radius 1 is 1.10 bits per heavy atom. The zero-order valence-electron chi connectivity index (χ0n) is 16.0. The molecule has 3 amide bonds. The third-order valence-corrected chi connectivity index (χ3v) is 4.71. The normalized spacial score (nSPS) is 14.6. The van der Waals surface area contributed by atoms with E-state index in [1.165, 1.54) is 0 Å². The number of rotatable bonds is 7. The molecule has 0 bridgehead atoms. The lowest BCUT2D eigenvalue weighted by atomic mass is 10.2. The number of thioether (sulfide) groups is 1. The van der Waals surface area contributed by atoms with Crippen molar-refractivity contribution in [3.05, 3.63) is 58.5 Å². The highest BCUT2D eigenvalue weighted by molar-refractivity contribution is 8.18. The number of anilines is 1. The van der Waals surface area contributed by atoms with Crippen molar-refractivity contribution in [1.29, 1.82) is 0 Å². The van der Waals surface area contributed by atoms with Crippen LogP contribution in [0.3, 0.4) is 0 Å². The van der Waals surface area contributed by atoms with Crippen molar-refractivity contribution in [2.75, 3.05) is 18.5 Å². The first-order valence-electron chi connectivity index (χ1n) is 8.95. The summed E-state index contributed by atoms with van der Waals surface area (Å²) in [6, 6.07) is 12.5. The molecule has 0 spiro atoms. The van der Waals surface area contributed by atoms with Crippen LogP contribution in [0.25, 0.3) is 6.08 Å². The number of carbonyl (C=O) groups excluding carboxylic acids is 3. The van der Waals surface area contributed by atoms with E-state index in [0.29, 0.717) is 34.3 Å². The zero-order valence-corrected chi connectivity index (χ0v) is 16.8. The van der Waals surface area contributed by atoms with Gasteiger partial charge < -0.3 is 14.8 Å². The average Bonchev–Trinajstić information content (AvgIpc) is 3.00. The Morgan fingerprint density at radius 3 is 2.52 bits per heavy atom. The lowest BCUT2D eigenvalue weighted by molar-refractivity contribution is -0.118. The monoisotopic (exact) mass is 412 g/mol. The average molecular weight is 412 g/mol. The van der Waals surface area contributed by atoms with Crippen LogP contribution in [0.5, 0.6) is 11.5 Å². The van der Waals surface area contributed by atoms with E-state index >= 15 is 0 Å². The van der Waals surface area contributed by atoms with Gasteiger partial charge in [0.15, 0.2) is 18.1 Å². The highest BCUT2D eigenvalue weighted by Gasteiger charge is 2.25. The van der Waals surface area contributed by atoms with Crippen LogP contribution in [0.1, 0.15) is 18.1 Å². The van der Waals surface area contributed by atoms with Crippen molar-refractivity contribution < 1.29 is 23.9 Å². The Balaban J connectivity index is 1.67. The molecule has 1 heterocycles. The van der Waals surface area contributed by atoms with Gasteiger partial charge in [-0.3, -0.25) is 19.7 Å². The largest absolute Gasteiger partial charge is 0.490 e. The summed E-state index contributed by atoms with van der Waals surface area (Å²) in [5.74, 6) is 0.137. The van der Waals surface area contributed by atoms with Crippen LogP contribution >= 0.6 is 11.8 Å². The Morgan fingerprint density at radius 2 is 1.86 bits per heavy atom. The number of ether oxygens (including phenoxy) is 2. The van der Waals surface area contributed by atoms with Crippen molar-refractivity contribution >= 4 is 40.6 Å². The van der Waals surface area contributed by atoms with Crippen LogP contribution in [0.15, 0.2) is 47.4 Å². The fourth-order valence-electron chi connectivity index (χ4n) is 2.55. The minimum Gasteiger partial charge on any atom is -0.490 e. The third kappa shape index (κ3) is 5.61. The Hall–Kier alpha value is -3.26. The molecule has 0 radical (unpaired) electrons. The summed E-state index contributed by atoms with van der Waals surface area (Å²) in [6.07, 6.45) is 1.60. The van der Waals surface area contributed by atoms with Gasteiger partial charge in [-0.2, -0.15) is 0 Å². The van der Waals surface area contributed by atoms with Gasteiger partial charge in [0, 0.05) is 5.69 Å². The number of benzene rings is 2. The number of aryl methyl sites for hydroxylation is 1. The first-order chi connectivity index (χ1) is 13.9. The SMILES string of the molecule is CCOc1cc(/C=C2\SC(=O)NC2=O)ccc1OCC(=O)Nc1ccc(C)cc1. The third-order valence-electron chi connectivity index (χ3n) is 3.90. The van der Waals surface area contributed by atoms with E-state index in [1.54, 1.807) is 24.3 Å². The van der Waals surface area contributed by atoms with Gasteiger partial charge in [-0.25, -0.2) is 0 Å². The van der Waals surface area contributed by atoms with E-state index in [-0.39, 0.29) is 12.5 Å². The number of carbonyl (C=O) groups is 3. The molecule has 0 unspecified atom stereocenters. The summed E-state index contributed by atoms with van der Waals surface area (Å²) in [5.41, 5.74) is 2.48. The zero-order chi connectivity index (χ0) is 20.8. The molecule has 0 saturated carbocycles.